The van der Waals surface area contributed by atoms with Gasteiger partial charge in [0.2, 0.25) is 5.91 Å². The standard InChI is InChI=1S/C11H22N2O3/c1-4-5-8(12)10(14)13-9(11(15)16)6-7(2)3/h7-9H,4-6,12H2,1-3H3,(H,13,14)(H,15,16)/t8-,9+/m0/s1. The highest BCUT2D eigenvalue weighted by Crippen LogP contribution is 2.05. The third kappa shape index (κ3) is 5.70. The first-order valence-corrected chi connectivity index (χ1v) is 5.67. The van der Waals surface area contributed by atoms with Crippen LogP contribution in [0, 0.1) is 5.92 Å². The summed E-state index contributed by atoms with van der Waals surface area (Å²) in [6.07, 6.45) is 1.79. The van der Waals surface area contributed by atoms with Gasteiger partial charge >= 0.3 is 5.97 Å². The van der Waals surface area contributed by atoms with Crippen molar-refractivity contribution in [2.24, 2.45) is 11.7 Å². The summed E-state index contributed by atoms with van der Waals surface area (Å²) in [7, 11) is 0. The molecule has 0 bridgehead atoms. The van der Waals surface area contributed by atoms with E-state index >= 15 is 0 Å². The summed E-state index contributed by atoms with van der Waals surface area (Å²) in [4.78, 5) is 22.4. The predicted octanol–water partition coefficient (Wildman–Crippen LogP) is 0.729. The van der Waals surface area contributed by atoms with Crippen molar-refractivity contribution in [3.05, 3.63) is 0 Å². The highest BCUT2D eigenvalue weighted by Gasteiger charge is 2.23. The molecule has 16 heavy (non-hydrogen) atoms. The second-order valence-electron chi connectivity index (χ2n) is 4.42. The van der Waals surface area contributed by atoms with E-state index in [2.05, 4.69) is 5.32 Å². The van der Waals surface area contributed by atoms with E-state index in [1.165, 1.54) is 0 Å². The lowest BCUT2D eigenvalue weighted by Crippen LogP contribution is -2.48. The number of rotatable bonds is 7. The topological polar surface area (TPSA) is 92.4 Å². The number of carbonyl (C=O) groups excluding carboxylic acids is 1. The minimum Gasteiger partial charge on any atom is -0.480 e. The van der Waals surface area contributed by atoms with Gasteiger partial charge in [-0.15, -0.1) is 0 Å². The van der Waals surface area contributed by atoms with Crippen LogP contribution in [0.4, 0.5) is 0 Å². The molecule has 2 atom stereocenters. The molecule has 0 rings (SSSR count). The molecule has 0 heterocycles. The van der Waals surface area contributed by atoms with Gasteiger partial charge in [-0.05, 0) is 18.8 Å². The fourth-order valence-electron chi connectivity index (χ4n) is 1.41. The molecular weight excluding hydrogens is 208 g/mol. The Kier molecular flexibility index (Phi) is 6.72. The van der Waals surface area contributed by atoms with Crippen molar-refractivity contribution in [1.29, 1.82) is 0 Å². The molecule has 0 fully saturated rings. The molecule has 0 aromatic carbocycles. The number of hydrogen-bond acceptors (Lipinski definition) is 3. The summed E-state index contributed by atoms with van der Waals surface area (Å²) >= 11 is 0. The van der Waals surface area contributed by atoms with E-state index in [1.54, 1.807) is 0 Å². The molecule has 4 N–H and O–H groups in total. The monoisotopic (exact) mass is 230 g/mol. The SMILES string of the molecule is CCC[C@H](N)C(=O)N[C@H](CC(C)C)C(=O)O. The van der Waals surface area contributed by atoms with Crippen LogP contribution in [0.5, 0.6) is 0 Å². The number of carbonyl (C=O) groups is 2. The summed E-state index contributed by atoms with van der Waals surface area (Å²) in [6, 6.07) is -1.45. The van der Waals surface area contributed by atoms with E-state index in [0.717, 1.165) is 6.42 Å². The van der Waals surface area contributed by atoms with Crippen molar-refractivity contribution in [3.63, 3.8) is 0 Å². The largest absolute Gasteiger partial charge is 0.480 e. The number of carboxylic acids is 1. The van der Waals surface area contributed by atoms with Crippen LogP contribution in [0.15, 0.2) is 0 Å². The zero-order valence-corrected chi connectivity index (χ0v) is 10.2. The molecule has 0 aromatic rings. The first kappa shape index (κ1) is 14.9. The smallest absolute Gasteiger partial charge is 0.326 e. The Morgan fingerprint density at radius 2 is 1.94 bits per heavy atom. The first-order chi connectivity index (χ1) is 7.38. The summed E-state index contributed by atoms with van der Waals surface area (Å²) in [6.45, 7) is 5.75. The van der Waals surface area contributed by atoms with Gasteiger partial charge < -0.3 is 16.2 Å². The molecule has 94 valence electrons. The Hall–Kier alpha value is -1.10. The summed E-state index contributed by atoms with van der Waals surface area (Å²) in [5.74, 6) is -1.18. The summed E-state index contributed by atoms with van der Waals surface area (Å²) in [5, 5.41) is 11.4. The van der Waals surface area contributed by atoms with E-state index in [-0.39, 0.29) is 11.8 Å². The van der Waals surface area contributed by atoms with Gasteiger partial charge in [0.1, 0.15) is 6.04 Å². The predicted molar refractivity (Wildman–Crippen MR) is 61.9 cm³/mol. The van der Waals surface area contributed by atoms with Crippen LogP contribution in [0.25, 0.3) is 0 Å². The molecule has 0 unspecified atom stereocenters. The van der Waals surface area contributed by atoms with Crippen LogP contribution in [-0.2, 0) is 9.59 Å². The van der Waals surface area contributed by atoms with Gasteiger partial charge in [0.25, 0.3) is 0 Å². The number of hydrogen-bond donors (Lipinski definition) is 3. The van der Waals surface area contributed by atoms with Gasteiger partial charge in [0, 0.05) is 0 Å². The quantitative estimate of drug-likeness (QED) is 0.601. The number of aliphatic carboxylic acids is 1. The van der Waals surface area contributed by atoms with Crippen LogP contribution in [0.1, 0.15) is 40.0 Å². The maximum atomic E-state index is 11.5. The number of nitrogens with two attached hydrogens (primary N) is 1. The summed E-state index contributed by atoms with van der Waals surface area (Å²) < 4.78 is 0. The average molecular weight is 230 g/mol. The second-order valence-corrected chi connectivity index (χ2v) is 4.42. The van der Waals surface area contributed by atoms with E-state index < -0.39 is 18.1 Å². The Bertz CT molecular complexity index is 241. The Balaban J connectivity index is 4.28. The molecule has 0 spiro atoms. The van der Waals surface area contributed by atoms with Crippen molar-refractivity contribution < 1.29 is 14.7 Å². The van der Waals surface area contributed by atoms with E-state index in [4.69, 9.17) is 10.8 Å². The molecule has 0 aromatic heterocycles. The molecule has 0 aliphatic rings. The van der Waals surface area contributed by atoms with Gasteiger partial charge in [-0.2, -0.15) is 0 Å². The zero-order chi connectivity index (χ0) is 12.7. The third-order valence-corrected chi connectivity index (χ3v) is 2.26. The van der Waals surface area contributed by atoms with Gasteiger partial charge in [-0.3, -0.25) is 4.79 Å². The van der Waals surface area contributed by atoms with Crippen LogP contribution in [-0.4, -0.2) is 29.1 Å². The lowest BCUT2D eigenvalue weighted by atomic mass is 10.0. The first-order valence-electron chi connectivity index (χ1n) is 5.67. The van der Waals surface area contributed by atoms with Crippen LogP contribution < -0.4 is 11.1 Å². The molecular formula is C11H22N2O3. The van der Waals surface area contributed by atoms with Crippen LogP contribution >= 0.6 is 0 Å². The lowest BCUT2D eigenvalue weighted by Gasteiger charge is -2.18. The minimum atomic E-state index is -1.01. The normalized spacial score (nSPS) is 14.6. The average Bonchev–Trinajstić information content (AvgIpc) is 2.16. The van der Waals surface area contributed by atoms with E-state index in [9.17, 15) is 9.59 Å². The maximum Gasteiger partial charge on any atom is 0.326 e. The zero-order valence-electron chi connectivity index (χ0n) is 10.2. The number of carboxylic acid groups (broad SMARTS) is 1. The van der Waals surface area contributed by atoms with Crippen LogP contribution in [0.3, 0.4) is 0 Å². The van der Waals surface area contributed by atoms with Gasteiger partial charge in [-0.1, -0.05) is 27.2 Å². The lowest BCUT2D eigenvalue weighted by molar-refractivity contribution is -0.142. The minimum absolute atomic E-state index is 0.212. The third-order valence-electron chi connectivity index (χ3n) is 2.26. The van der Waals surface area contributed by atoms with E-state index in [1.807, 2.05) is 20.8 Å². The molecule has 1 amide bonds. The van der Waals surface area contributed by atoms with Crippen molar-refractivity contribution in [2.75, 3.05) is 0 Å². The second kappa shape index (κ2) is 7.22. The van der Waals surface area contributed by atoms with Gasteiger partial charge in [-0.25, -0.2) is 4.79 Å². The van der Waals surface area contributed by atoms with Crippen molar-refractivity contribution >= 4 is 11.9 Å². The van der Waals surface area contributed by atoms with Crippen molar-refractivity contribution in [2.45, 2.75) is 52.1 Å². The summed E-state index contributed by atoms with van der Waals surface area (Å²) in [5.41, 5.74) is 5.60. The Morgan fingerprint density at radius 1 is 1.38 bits per heavy atom. The molecule has 0 saturated carbocycles. The van der Waals surface area contributed by atoms with Gasteiger partial charge in [0.15, 0.2) is 0 Å². The van der Waals surface area contributed by atoms with E-state index in [0.29, 0.717) is 12.8 Å². The Morgan fingerprint density at radius 3 is 2.31 bits per heavy atom. The van der Waals surface area contributed by atoms with Gasteiger partial charge in [0.05, 0.1) is 6.04 Å². The molecule has 5 heteroatoms. The molecule has 0 saturated heterocycles. The fourth-order valence-corrected chi connectivity index (χ4v) is 1.41. The Labute approximate surface area is 96.4 Å². The number of amides is 1. The van der Waals surface area contributed by atoms with Crippen molar-refractivity contribution in [1.82, 2.24) is 5.32 Å². The fraction of sp³-hybridized carbons (Fsp3) is 0.818. The highest BCUT2D eigenvalue weighted by atomic mass is 16.4. The van der Waals surface area contributed by atoms with Crippen LogP contribution in [0.2, 0.25) is 0 Å². The highest BCUT2D eigenvalue weighted by molar-refractivity contribution is 5.86. The number of nitrogens with one attached hydrogen (secondary N) is 1. The maximum absolute atomic E-state index is 11.5. The van der Waals surface area contributed by atoms with Crippen molar-refractivity contribution in [3.8, 4) is 0 Å². The molecule has 0 aliphatic heterocycles. The molecule has 5 nitrogen and oxygen atoms in total. The molecule has 0 aliphatic carbocycles. The molecule has 0 radical (unpaired) electrons.